The molecule has 0 unspecified atom stereocenters. The molecule has 1 aliphatic heterocycles. The van der Waals surface area contributed by atoms with Gasteiger partial charge >= 0.3 is 6.18 Å². The van der Waals surface area contributed by atoms with Crippen molar-refractivity contribution in [3.8, 4) is 6.07 Å². The van der Waals surface area contributed by atoms with Crippen molar-refractivity contribution in [2.24, 2.45) is 0 Å². The maximum atomic E-state index is 14.7. The number of rotatable bonds is 3. The Morgan fingerprint density at radius 2 is 2.14 bits per heavy atom. The number of hydrogen-bond donors (Lipinski definition) is 2. The van der Waals surface area contributed by atoms with Crippen LogP contribution in [0.4, 0.5) is 23.5 Å². The number of anilines is 1. The molecule has 7 nitrogen and oxygen atoms in total. The number of alkyl halides is 3. The fourth-order valence-corrected chi connectivity index (χ4v) is 3.86. The van der Waals surface area contributed by atoms with Gasteiger partial charge in [-0.25, -0.2) is 13.9 Å². The molecule has 0 spiro atoms. The number of aliphatic hydroxyl groups excluding tert-OH is 1. The molecule has 11 heteroatoms. The molecule has 2 aromatic heterocycles. The van der Waals surface area contributed by atoms with Crippen LogP contribution >= 0.6 is 0 Å². The van der Waals surface area contributed by atoms with Crippen LogP contribution in [0.5, 0.6) is 0 Å². The minimum absolute atomic E-state index is 0.0594. The number of aromatic nitrogens is 3. The first kappa shape index (κ1) is 18.9. The average molecular weight is 399 g/mol. The molecule has 2 aromatic rings. The number of halogens is 4. The van der Waals surface area contributed by atoms with Gasteiger partial charge in [0.15, 0.2) is 5.82 Å². The average Bonchev–Trinajstić information content (AvgIpc) is 2.87. The lowest BCUT2D eigenvalue weighted by atomic mass is 9.65. The van der Waals surface area contributed by atoms with Crippen molar-refractivity contribution in [2.75, 3.05) is 18.5 Å². The number of nitrogens with zero attached hydrogens (tertiary/aromatic N) is 4. The first-order valence-electron chi connectivity index (χ1n) is 8.85. The van der Waals surface area contributed by atoms with Gasteiger partial charge in [0.25, 0.3) is 0 Å². The van der Waals surface area contributed by atoms with Crippen LogP contribution in [0.15, 0.2) is 6.20 Å². The molecule has 2 atom stereocenters. The van der Waals surface area contributed by atoms with Crippen LogP contribution < -0.4 is 5.32 Å². The van der Waals surface area contributed by atoms with Crippen molar-refractivity contribution < 1.29 is 27.4 Å². The maximum Gasteiger partial charge on any atom is 0.399 e. The Morgan fingerprint density at radius 3 is 2.71 bits per heavy atom. The summed E-state index contributed by atoms with van der Waals surface area (Å²) in [5.41, 5.74) is -3.75. The van der Waals surface area contributed by atoms with Crippen LogP contribution in [0, 0.1) is 17.1 Å². The van der Waals surface area contributed by atoms with Crippen LogP contribution in [0.2, 0.25) is 0 Å². The summed E-state index contributed by atoms with van der Waals surface area (Å²) < 4.78 is 62.2. The molecular weight excluding hydrogens is 382 g/mol. The standard InChI is InChI=1S/C17H17F4N5O2/c18-13-9(6-22)14(16(3-1-4-16)17(19,20)21)26-11(13)7-23-15(25-26)24-10-2-5-28-8-12(10)27/h7,10,12,27H,1-5,8H2,(H,24,25)/t10-,12-/m1/s1. The van der Waals surface area contributed by atoms with Crippen LogP contribution in [-0.4, -0.2) is 51.2 Å². The van der Waals surface area contributed by atoms with Gasteiger partial charge in [-0.05, 0) is 19.3 Å². The van der Waals surface area contributed by atoms with E-state index in [-0.39, 0.29) is 30.9 Å². The molecular formula is C17H17F4N5O2. The molecule has 1 saturated heterocycles. The molecule has 2 fully saturated rings. The van der Waals surface area contributed by atoms with E-state index in [1.807, 2.05) is 0 Å². The Labute approximate surface area is 156 Å². The van der Waals surface area contributed by atoms with Gasteiger partial charge < -0.3 is 15.2 Å². The Kier molecular flexibility index (Phi) is 4.43. The van der Waals surface area contributed by atoms with E-state index in [0.29, 0.717) is 19.4 Å². The first-order chi connectivity index (χ1) is 13.3. The number of hydrogen-bond acceptors (Lipinski definition) is 6. The lowest BCUT2D eigenvalue weighted by Gasteiger charge is -2.42. The van der Waals surface area contributed by atoms with Gasteiger partial charge in [0.1, 0.15) is 22.6 Å². The SMILES string of the molecule is N#Cc1c(F)c2cnc(N[C@@H]3CCOC[C@H]3O)nn2c1C1(C(F)(F)F)CCC1. The van der Waals surface area contributed by atoms with E-state index in [1.54, 1.807) is 6.07 Å². The molecule has 0 aromatic carbocycles. The lowest BCUT2D eigenvalue weighted by molar-refractivity contribution is -0.214. The van der Waals surface area contributed by atoms with E-state index in [4.69, 9.17) is 4.74 Å². The highest BCUT2D eigenvalue weighted by Gasteiger charge is 2.62. The summed E-state index contributed by atoms with van der Waals surface area (Å²) in [5.74, 6) is -1.12. The second-order valence-electron chi connectivity index (χ2n) is 7.14. The van der Waals surface area contributed by atoms with E-state index in [2.05, 4.69) is 15.4 Å². The molecule has 0 amide bonds. The highest BCUT2D eigenvalue weighted by Crippen LogP contribution is 2.55. The van der Waals surface area contributed by atoms with Crippen LogP contribution in [-0.2, 0) is 10.2 Å². The largest absolute Gasteiger partial charge is 0.399 e. The van der Waals surface area contributed by atoms with E-state index < -0.39 is 40.8 Å². The number of nitriles is 1. The van der Waals surface area contributed by atoms with Gasteiger partial charge in [-0.15, -0.1) is 5.10 Å². The second-order valence-corrected chi connectivity index (χ2v) is 7.14. The second kappa shape index (κ2) is 6.56. The number of fused-ring (bicyclic) bond motifs is 1. The topological polar surface area (TPSA) is 95.5 Å². The molecule has 0 radical (unpaired) electrons. The summed E-state index contributed by atoms with van der Waals surface area (Å²) >= 11 is 0. The summed E-state index contributed by atoms with van der Waals surface area (Å²) in [7, 11) is 0. The summed E-state index contributed by atoms with van der Waals surface area (Å²) in [5, 5.41) is 26.2. The van der Waals surface area contributed by atoms with Crippen LogP contribution in [0.25, 0.3) is 5.52 Å². The predicted molar refractivity (Wildman–Crippen MR) is 88.1 cm³/mol. The van der Waals surface area contributed by atoms with Crippen LogP contribution in [0.1, 0.15) is 36.9 Å². The zero-order valence-corrected chi connectivity index (χ0v) is 14.6. The van der Waals surface area contributed by atoms with Gasteiger partial charge in [0.2, 0.25) is 5.95 Å². The van der Waals surface area contributed by atoms with Crippen molar-refractivity contribution >= 4 is 11.5 Å². The minimum atomic E-state index is -4.65. The van der Waals surface area contributed by atoms with E-state index in [0.717, 1.165) is 10.7 Å². The fraction of sp³-hybridized carbons (Fsp3) is 0.588. The van der Waals surface area contributed by atoms with Crippen molar-refractivity contribution in [1.82, 2.24) is 14.6 Å². The molecule has 0 bridgehead atoms. The van der Waals surface area contributed by atoms with Gasteiger partial charge in [0.05, 0.1) is 30.6 Å². The highest BCUT2D eigenvalue weighted by atomic mass is 19.4. The summed E-state index contributed by atoms with van der Waals surface area (Å²) in [4.78, 5) is 3.95. The number of ether oxygens (including phenoxy) is 1. The quantitative estimate of drug-likeness (QED) is 0.769. The van der Waals surface area contributed by atoms with Crippen LogP contribution in [0.3, 0.4) is 0 Å². The van der Waals surface area contributed by atoms with Gasteiger partial charge in [-0.2, -0.15) is 18.4 Å². The third-order valence-corrected chi connectivity index (χ3v) is 5.58. The Morgan fingerprint density at radius 1 is 1.39 bits per heavy atom. The van der Waals surface area contributed by atoms with Gasteiger partial charge in [-0.1, -0.05) is 6.42 Å². The number of aliphatic hydroxyl groups is 1. The monoisotopic (exact) mass is 399 g/mol. The maximum absolute atomic E-state index is 14.7. The molecule has 150 valence electrons. The van der Waals surface area contributed by atoms with Crippen molar-refractivity contribution in [2.45, 2.75) is 49.4 Å². The van der Waals surface area contributed by atoms with E-state index >= 15 is 0 Å². The Bertz CT molecular complexity index is 948. The number of nitrogens with one attached hydrogen (secondary N) is 1. The molecule has 2 N–H and O–H groups in total. The third kappa shape index (κ3) is 2.70. The molecule has 3 heterocycles. The minimum Gasteiger partial charge on any atom is -0.389 e. The van der Waals surface area contributed by atoms with Crippen molar-refractivity contribution in [1.29, 1.82) is 5.26 Å². The van der Waals surface area contributed by atoms with Gasteiger partial charge in [-0.3, -0.25) is 0 Å². The zero-order valence-electron chi connectivity index (χ0n) is 14.6. The molecule has 2 aliphatic rings. The van der Waals surface area contributed by atoms with Crippen molar-refractivity contribution in [3.63, 3.8) is 0 Å². The Balaban J connectivity index is 1.83. The summed E-state index contributed by atoms with van der Waals surface area (Å²) in [6, 6.07) is 1.11. The fourth-order valence-electron chi connectivity index (χ4n) is 3.86. The molecule has 1 saturated carbocycles. The third-order valence-electron chi connectivity index (χ3n) is 5.58. The highest BCUT2D eigenvalue weighted by molar-refractivity contribution is 5.60. The van der Waals surface area contributed by atoms with E-state index in [9.17, 15) is 27.9 Å². The lowest BCUT2D eigenvalue weighted by Crippen LogP contribution is -2.49. The summed E-state index contributed by atoms with van der Waals surface area (Å²) in [6.45, 7) is 0.509. The van der Waals surface area contributed by atoms with E-state index in [1.165, 1.54) is 0 Å². The zero-order chi connectivity index (χ0) is 20.1. The Hall–Kier alpha value is -2.45. The molecule has 4 rings (SSSR count). The smallest absolute Gasteiger partial charge is 0.389 e. The summed E-state index contributed by atoms with van der Waals surface area (Å²) in [6.07, 6.45) is -4.13. The van der Waals surface area contributed by atoms with Gasteiger partial charge in [0, 0.05) is 6.61 Å². The predicted octanol–water partition coefficient (Wildman–Crippen LogP) is 2.29. The van der Waals surface area contributed by atoms with Crippen molar-refractivity contribution in [3.05, 3.63) is 23.3 Å². The molecule has 1 aliphatic carbocycles. The normalized spacial score (nSPS) is 24.6. The molecule has 28 heavy (non-hydrogen) atoms. The first-order valence-corrected chi connectivity index (χ1v) is 8.85.